The molecule has 0 amide bonds. The third kappa shape index (κ3) is 2.15. The number of rotatable bonds is 2. The Bertz CT molecular complexity index is 340. The second kappa shape index (κ2) is 3.29. The van der Waals surface area contributed by atoms with E-state index in [4.69, 9.17) is 0 Å². The molecule has 0 atom stereocenters. The minimum atomic E-state index is -4.87. The molecule has 6 heteroatoms. The summed E-state index contributed by atoms with van der Waals surface area (Å²) in [5, 5.41) is 0. The molecule has 1 rings (SSSR count). The van der Waals surface area contributed by atoms with Crippen LogP contribution in [0.15, 0.2) is 12.1 Å². The van der Waals surface area contributed by atoms with Gasteiger partial charge in [-0.15, -0.1) is 11.3 Å². The molecule has 13 heavy (non-hydrogen) atoms. The standard InChI is InChI=1S/C7H3F3O2S/c8-7(9,10)6(12)5-2-1-4(3-11)13-5/h1-3H. The minimum Gasteiger partial charge on any atom is -0.297 e. The Morgan fingerprint density at radius 2 is 2.00 bits per heavy atom. The number of Topliss-reactive ketones (excluding diaryl/α,β-unsaturated/α-hetero) is 1. The lowest BCUT2D eigenvalue weighted by Gasteiger charge is -2.00. The van der Waals surface area contributed by atoms with Crippen LogP contribution in [0.4, 0.5) is 13.2 Å². The summed E-state index contributed by atoms with van der Waals surface area (Å²) >= 11 is 0.530. The molecule has 0 aliphatic heterocycles. The molecule has 0 fully saturated rings. The number of carbonyl (C=O) groups is 2. The fourth-order valence-corrected chi connectivity index (χ4v) is 1.46. The highest BCUT2D eigenvalue weighted by molar-refractivity contribution is 7.15. The number of hydrogen-bond acceptors (Lipinski definition) is 3. The van der Waals surface area contributed by atoms with Gasteiger partial charge in [-0.05, 0) is 12.1 Å². The molecule has 0 N–H and O–H groups in total. The lowest BCUT2D eigenvalue weighted by atomic mass is 10.3. The van der Waals surface area contributed by atoms with Crippen LogP contribution in [0, 0.1) is 0 Å². The van der Waals surface area contributed by atoms with Crippen molar-refractivity contribution < 1.29 is 22.8 Å². The summed E-state index contributed by atoms with van der Waals surface area (Å²) in [6.45, 7) is 0. The number of alkyl halides is 3. The molecule has 0 bridgehead atoms. The number of hydrogen-bond donors (Lipinski definition) is 0. The van der Waals surface area contributed by atoms with Crippen molar-refractivity contribution in [3.8, 4) is 0 Å². The highest BCUT2D eigenvalue weighted by Crippen LogP contribution is 2.25. The lowest BCUT2D eigenvalue weighted by molar-refractivity contribution is -0.0882. The van der Waals surface area contributed by atoms with Gasteiger partial charge in [-0.25, -0.2) is 0 Å². The van der Waals surface area contributed by atoms with E-state index in [-0.39, 0.29) is 4.88 Å². The van der Waals surface area contributed by atoms with Gasteiger partial charge in [-0.2, -0.15) is 13.2 Å². The van der Waals surface area contributed by atoms with E-state index in [0.717, 1.165) is 6.07 Å². The van der Waals surface area contributed by atoms with Crippen molar-refractivity contribution in [3.05, 3.63) is 21.9 Å². The van der Waals surface area contributed by atoms with Gasteiger partial charge in [0, 0.05) is 0 Å². The van der Waals surface area contributed by atoms with Gasteiger partial charge >= 0.3 is 6.18 Å². The summed E-state index contributed by atoms with van der Waals surface area (Å²) in [5.41, 5.74) is 0. The minimum absolute atomic E-state index is 0.104. The SMILES string of the molecule is O=Cc1ccc(C(=O)C(F)(F)F)s1. The monoisotopic (exact) mass is 208 g/mol. The molecular formula is C7H3F3O2S. The number of thiophene rings is 1. The van der Waals surface area contributed by atoms with Crippen molar-refractivity contribution in [1.29, 1.82) is 0 Å². The van der Waals surface area contributed by atoms with E-state index in [1.54, 1.807) is 0 Å². The van der Waals surface area contributed by atoms with Crippen molar-refractivity contribution in [1.82, 2.24) is 0 Å². The van der Waals surface area contributed by atoms with Crippen LogP contribution in [0.25, 0.3) is 0 Å². The lowest BCUT2D eigenvalue weighted by Crippen LogP contribution is -2.21. The first kappa shape index (κ1) is 9.91. The Balaban J connectivity index is 2.96. The van der Waals surface area contributed by atoms with Crippen LogP contribution in [0.3, 0.4) is 0 Å². The number of aldehydes is 1. The molecule has 1 aromatic heterocycles. The second-order valence-corrected chi connectivity index (χ2v) is 3.26. The third-order valence-electron chi connectivity index (χ3n) is 1.22. The number of ketones is 1. The van der Waals surface area contributed by atoms with Gasteiger partial charge in [-0.3, -0.25) is 9.59 Å². The van der Waals surface area contributed by atoms with Gasteiger partial charge in [0.1, 0.15) is 0 Å². The van der Waals surface area contributed by atoms with Crippen LogP contribution < -0.4 is 0 Å². The van der Waals surface area contributed by atoms with E-state index in [0.29, 0.717) is 17.6 Å². The van der Waals surface area contributed by atoms with Crippen LogP contribution in [0.1, 0.15) is 19.3 Å². The van der Waals surface area contributed by atoms with Gasteiger partial charge in [0.15, 0.2) is 6.29 Å². The quantitative estimate of drug-likeness (QED) is 0.552. The first-order valence-corrected chi connectivity index (χ1v) is 3.93. The maximum atomic E-state index is 11.8. The van der Waals surface area contributed by atoms with Crippen molar-refractivity contribution in [2.75, 3.05) is 0 Å². The molecule has 0 unspecified atom stereocenters. The smallest absolute Gasteiger partial charge is 0.297 e. The maximum Gasteiger partial charge on any atom is 0.455 e. The van der Waals surface area contributed by atoms with Crippen LogP contribution in [-0.4, -0.2) is 18.2 Å². The fourth-order valence-electron chi connectivity index (χ4n) is 0.678. The molecule has 0 aromatic carbocycles. The topological polar surface area (TPSA) is 34.1 Å². The highest BCUT2D eigenvalue weighted by Gasteiger charge is 2.40. The number of carbonyl (C=O) groups excluding carboxylic acids is 2. The Hall–Kier alpha value is -1.17. The average molecular weight is 208 g/mol. The van der Waals surface area contributed by atoms with Gasteiger partial charge in [0.05, 0.1) is 9.75 Å². The molecule has 0 saturated carbocycles. The van der Waals surface area contributed by atoms with Crippen molar-refractivity contribution in [2.45, 2.75) is 6.18 Å². The Kier molecular flexibility index (Phi) is 2.51. The maximum absolute atomic E-state index is 11.8. The van der Waals surface area contributed by atoms with Crippen molar-refractivity contribution in [3.63, 3.8) is 0 Å². The zero-order valence-corrected chi connectivity index (χ0v) is 6.91. The molecule has 2 nitrogen and oxygen atoms in total. The molecule has 0 radical (unpaired) electrons. The molecule has 0 spiro atoms. The zero-order chi connectivity index (χ0) is 10.1. The molecule has 1 aromatic rings. The fraction of sp³-hybridized carbons (Fsp3) is 0.143. The van der Waals surface area contributed by atoms with Crippen LogP contribution in [0.2, 0.25) is 0 Å². The van der Waals surface area contributed by atoms with Crippen LogP contribution >= 0.6 is 11.3 Å². The molecule has 1 heterocycles. The van der Waals surface area contributed by atoms with Gasteiger partial charge in [0.2, 0.25) is 0 Å². The van der Waals surface area contributed by atoms with Gasteiger partial charge < -0.3 is 0 Å². The largest absolute Gasteiger partial charge is 0.455 e. The van der Waals surface area contributed by atoms with Crippen molar-refractivity contribution >= 4 is 23.4 Å². The van der Waals surface area contributed by atoms with E-state index in [9.17, 15) is 22.8 Å². The average Bonchev–Trinajstić information content (AvgIpc) is 2.48. The van der Waals surface area contributed by atoms with Crippen molar-refractivity contribution in [2.24, 2.45) is 0 Å². The summed E-state index contributed by atoms with van der Waals surface area (Å²) < 4.78 is 35.5. The molecule has 70 valence electrons. The Morgan fingerprint density at radius 3 is 2.38 bits per heavy atom. The van der Waals surface area contributed by atoms with Crippen LogP contribution in [0.5, 0.6) is 0 Å². The summed E-state index contributed by atoms with van der Waals surface area (Å²) in [7, 11) is 0. The van der Waals surface area contributed by atoms with E-state index < -0.39 is 16.8 Å². The summed E-state index contributed by atoms with van der Waals surface area (Å²) in [6.07, 6.45) is -4.47. The first-order valence-electron chi connectivity index (χ1n) is 3.11. The molecule has 0 aliphatic carbocycles. The number of halogens is 3. The summed E-state index contributed by atoms with van der Waals surface area (Å²) in [5.74, 6) is -1.91. The third-order valence-corrected chi connectivity index (χ3v) is 2.23. The summed E-state index contributed by atoms with van der Waals surface area (Å²) in [6, 6.07) is 2.17. The van der Waals surface area contributed by atoms with Crippen LogP contribution in [-0.2, 0) is 0 Å². The summed E-state index contributed by atoms with van der Waals surface area (Å²) in [4.78, 5) is 20.3. The van der Waals surface area contributed by atoms with E-state index in [1.807, 2.05) is 0 Å². The normalized spacial score (nSPS) is 11.3. The predicted molar refractivity (Wildman–Crippen MR) is 40.1 cm³/mol. The Labute approximate surface area is 75.0 Å². The molecule has 0 aliphatic rings. The second-order valence-electron chi connectivity index (χ2n) is 2.15. The Morgan fingerprint density at radius 1 is 1.38 bits per heavy atom. The molecule has 0 saturated heterocycles. The van der Waals surface area contributed by atoms with Gasteiger partial charge in [0.25, 0.3) is 5.78 Å². The predicted octanol–water partition coefficient (Wildman–Crippen LogP) is 2.31. The van der Waals surface area contributed by atoms with E-state index in [2.05, 4.69) is 0 Å². The van der Waals surface area contributed by atoms with Gasteiger partial charge in [-0.1, -0.05) is 0 Å². The highest BCUT2D eigenvalue weighted by atomic mass is 32.1. The molecular weight excluding hydrogens is 205 g/mol. The van der Waals surface area contributed by atoms with E-state index in [1.165, 1.54) is 6.07 Å². The first-order chi connectivity index (χ1) is 5.95. The van der Waals surface area contributed by atoms with E-state index >= 15 is 0 Å². The zero-order valence-electron chi connectivity index (χ0n) is 6.09.